The van der Waals surface area contributed by atoms with E-state index in [2.05, 4.69) is 0 Å². The third kappa shape index (κ3) is 3.42. The number of methoxy groups -OCH3 is 1. The van der Waals surface area contributed by atoms with Crippen molar-refractivity contribution in [1.29, 1.82) is 0 Å². The molecule has 2 N–H and O–H groups in total. The Hall–Kier alpha value is -1.75. The molecule has 1 fully saturated rings. The molecule has 1 saturated heterocycles. The summed E-state index contributed by atoms with van der Waals surface area (Å²) in [6.45, 7) is 3.60. The molecule has 0 aliphatic carbocycles. The van der Waals surface area contributed by atoms with Crippen molar-refractivity contribution in [2.45, 2.75) is 25.8 Å². The first-order valence-electron chi connectivity index (χ1n) is 6.96. The summed E-state index contributed by atoms with van der Waals surface area (Å²) in [4.78, 5) is 13.8. The number of nitrogens with zero attached hydrogens (tertiary/aromatic N) is 1. The Morgan fingerprint density at radius 2 is 2.10 bits per heavy atom. The van der Waals surface area contributed by atoms with Crippen LogP contribution in [-0.2, 0) is 4.79 Å². The van der Waals surface area contributed by atoms with Gasteiger partial charge in [0.15, 0.2) is 6.61 Å². The van der Waals surface area contributed by atoms with Crippen LogP contribution in [0.25, 0.3) is 0 Å². The van der Waals surface area contributed by atoms with E-state index in [-0.39, 0.29) is 18.6 Å². The van der Waals surface area contributed by atoms with E-state index >= 15 is 0 Å². The lowest BCUT2D eigenvalue weighted by molar-refractivity contribution is -0.132. The molecule has 1 unspecified atom stereocenters. The van der Waals surface area contributed by atoms with Crippen LogP contribution < -0.4 is 15.2 Å². The number of benzene rings is 1. The molecule has 1 amide bonds. The van der Waals surface area contributed by atoms with Crippen molar-refractivity contribution in [1.82, 2.24) is 4.90 Å². The number of nitrogens with two attached hydrogens (primary N) is 1. The Bertz CT molecular complexity index is 468. The number of carbonyl (C=O) groups is 1. The fourth-order valence-corrected chi connectivity index (χ4v) is 2.34. The number of hydrogen-bond acceptors (Lipinski definition) is 4. The van der Waals surface area contributed by atoms with E-state index in [1.165, 1.54) is 0 Å². The molecule has 1 aliphatic heterocycles. The number of likely N-dealkylation sites (tertiary alicyclic amines) is 1. The standard InChI is InChI=1S/C15H22N2O3/c1-11(16)13-6-5-12(19-2)9-14(13)20-10-15(18)17-7-3-4-8-17/h5-6,9,11H,3-4,7-8,10,16H2,1-2H3. The topological polar surface area (TPSA) is 64.8 Å². The van der Waals surface area contributed by atoms with Gasteiger partial charge in [-0.2, -0.15) is 0 Å². The molecule has 0 bridgehead atoms. The molecule has 110 valence electrons. The minimum atomic E-state index is -0.155. The van der Waals surface area contributed by atoms with Crippen molar-refractivity contribution in [3.63, 3.8) is 0 Å². The molecule has 1 heterocycles. The van der Waals surface area contributed by atoms with E-state index in [4.69, 9.17) is 15.2 Å². The third-order valence-corrected chi connectivity index (χ3v) is 3.52. The Labute approximate surface area is 119 Å². The Kier molecular flexibility index (Phi) is 4.84. The minimum absolute atomic E-state index is 0.0287. The van der Waals surface area contributed by atoms with E-state index in [0.717, 1.165) is 31.5 Å². The highest BCUT2D eigenvalue weighted by atomic mass is 16.5. The minimum Gasteiger partial charge on any atom is -0.497 e. The highest BCUT2D eigenvalue weighted by molar-refractivity contribution is 5.78. The van der Waals surface area contributed by atoms with E-state index in [1.807, 2.05) is 24.0 Å². The highest BCUT2D eigenvalue weighted by Gasteiger charge is 2.19. The zero-order valence-electron chi connectivity index (χ0n) is 12.1. The first-order valence-corrected chi connectivity index (χ1v) is 6.96. The van der Waals surface area contributed by atoms with Crippen LogP contribution in [0.1, 0.15) is 31.4 Å². The second-order valence-electron chi connectivity index (χ2n) is 5.07. The summed E-state index contributed by atoms with van der Waals surface area (Å²) in [7, 11) is 1.60. The SMILES string of the molecule is COc1ccc(C(C)N)c(OCC(=O)N2CCCC2)c1. The zero-order chi connectivity index (χ0) is 14.5. The van der Waals surface area contributed by atoms with Crippen molar-refractivity contribution < 1.29 is 14.3 Å². The molecular formula is C15H22N2O3. The first kappa shape index (κ1) is 14.7. The van der Waals surface area contributed by atoms with Crippen molar-refractivity contribution >= 4 is 5.91 Å². The second kappa shape index (κ2) is 6.61. The summed E-state index contributed by atoms with van der Waals surface area (Å²) in [5.41, 5.74) is 6.79. The number of hydrogen-bond donors (Lipinski definition) is 1. The van der Waals surface area contributed by atoms with Gasteiger partial charge < -0.3 is 20.1 Å². The van der Waals surface area contributed by atoms with E-state index in [1.54, 1.807) is 13.2 Å². The maximum absolute atomic E-state index is 12.0. The number of rotatable bonds is 5. The van der Waals surface area contributed by atoms with Crippen molar-refractivity contribution in [3.05, 3.63) is 23.8 Å². The molecule has 2 rings (SSSR count). The van der Waals surface area contributed by atoms with E-state index in [0.29, 0.717) is 11.5 Å². The second-order valence-corrected chi connectivity index (χ2v) is 5.07. The first-order chi connectivity index (χ1) is 9.61. The largest absolute Gasteiger partial charge is 0.497 e. The summed E-state index contributed by atoms with van der Waals surface area (Å²) in [6.07, 6.45) is 2.16. The molecule has 1 aliphatic rings. The molecule has 5 heteroatoms. The smallest absolute Gasteiger partial charge is 0.260 e. The number of ether oxygens (including phenoxy) is 2. The lowest BCUT2D eigenvalue weighted by Gasteiger charge is -2.18. The molecule has 1 aromatic rings. The molecule has 1 atom stereocenters. The molecule has 5 nitrogen and oxygen atoms in total. The quantitative estimate of drug-likeness (QED) is 0.890. The fourth-order valence-electron chi connectivity index (χ4n) is 2.34. The summed E-state index contributed by atoms with van der Waals surface area (Å²) in [6, 6.07) is 5.33. The van der Waals surface area contributed by atoms with Crippen LogP contribution >= 0.6 is 0 Å². The van der Waals surface area contributed by atoms with E-state index < -0.39 is 0 Å². The molecule has 0 saturated carbocycles. The third-order valence-electron chi connectivity index (χ3n) is 3.52. The molecule has 0 aromatic heterocycles. The monoisotopic (exact) mass is 278 g/mol. The predicted octanol–water partition coefficient (Wildman–Crippen LogP) is 1.72. The Morgan fingerprint density at radius 1 is 1.40 bits per heavy atom. The van der Waals surface area contributed by atoms with Crippen LogP contribution in [0, 0.1) is 0 Å². The van der Waals surface area contributed by atoms with Gasteiger partial charge in [-0.15, -0.1) is 0 Å². The molecule has 0 spiro atoms. The van der Waals surface area contributed by atoms with Gasteiger partial charge in [0.1, 0.15) is 11.5 Å². The Morgan fingerprint density at radius 3 is 2.70 bits per heavy atom. The van der Waals surface area contributed by atoms with Gasteiger partial charge in [0, 0.05) is 30.8 Å². The lowest BCUT2D eigenvalue weighted by Crippen LogP contribution is -2.32. The number of amides is 1. The maximum atomic E-state index is 12.0. The van der Waals surface area contributed by atoms with Gasteiger partial charge in [-0.1, -0.05) is 6.07 Å². The van der Waals surface area contributed by atoms with Crippen molar-refractivity contribution in [2.24, 2.45) is 5.73 Å². The van der Waals surface area contributed by atoms with Gasteiger partial charge in [0.2, 0.25) is 0 Å². The summed E-state index contributed by atoms with van der Waals surface area (Å²) in [5.74, 6) is 1.34. The normalized spacial score (nSPS) is 16.1. The summed E-state index contributed by atoms with van der Waals surface area (Å²) < 4.78 is 10.8. The van der Waals surface area contributed by atoms with Crippen LogP contribution in [0.4, 0.5) is 0 Å². The Balaban J connectivity index is 2.04. The summed E-state index contributed by atoms with van der Waals surface area (Å²) in [5, 5.41) is 0. The lowest BCUT2D eigenvalue weighted by atomic mass is 10.1. The van der Waals surface area contributed by atoms with Gasteiger partial charge >= 0.3 is 0 Å². The van der Waals surface area contributed by atoms with Crippen LogP contribution in [0.3, 0.4) is 0 Å². The maximum Gasteiger partial charge on any atom is 0.260 e. The van der Waals surface area contributed by atoms with Gasteiger partial charge in [0.05, 0.1) is 7.11 Å². The van der Waals surface area contributed by atoms with Crippen molar-refractivity contribution in [3.8, 4) is 11.5 Å². The average molecular weight is 278 g/mol. The summed E-state index contributed by atoms with van der Waals surface area (Å²) >= 11 is 0. The van der Waals surface area contributed by atoms with Crippen LogP contribution in [0.5, 0.6) is 11.5 Å². The van der Waals surface area contributed by atoms with Crippen LogP contribution in [-0.4, -0.2) is 37.6 Å². The van der Waals surface area contributed by atoms with Crippen LogP contribution in [0.15, 0.2) is 18.2 Å². The molecular weight excluding hydrogens is 256 g/mol. The molecule has 20 heavy (non-hydrogen) atoms. The fraction of sp³-hybridized carbons (Fsp3) is 0.533. The van der Waals surface area contributed by atoms with Gasteiger partial charge in [-0.3, -0.25) is 4.79 Å². The average Bonchev–Trinajstić information content (AvgIpc) is 2.98. The van der Waals surface area contributed by atoms with E-state index in [9.17, 15) is 4.79 Å². The van der Waals surface area contributed by atoms with Gasteiger partial charge in [-0.25, -0.2) is 0 Å². The number of carbonyl (C=O) groups excluding carboxylic acids is 1. The van der Waals surface area contributed by atoms with Crippen LogP contribution in [0.2, 0.25) is 0 Å². The zero-order valence-corrected chi connectivity index (χ0v) is 12.1. The van der Waals surface area contributed by atoms with Crippen molar-refractivity contribution in [2.75, 3.05) is 26.8 Å². The molecule has 1 aromatic carbocycles. The molecule has 0 radical (unpaired) electrons. The van der Waals surface area contributed by atoms with Gasteiger partial charge in [0.25, 0.3) is 5.91 Å². The van der Waals surface area contributed by atoms with Gasteiger partial charge in [-0.05, 0) is 25.8 Å². The predicted molar refractivity (Wildman–Crippen MR) is 76.9 cm³/mol. The highest BCUT2D eigenvalue weighted by Crippen LogP contribution is 2.28.